The number of rotatable bonds is 5. The van der Waals surface area contributed by atoms with Crippen LogP contribution in [0.25, 0.3) is 0 Å². The van der Waals surface area contributed by atoms with E-state index in [9.17, 15) is 23.3 Å². The molecule has 1 aliphatic heterocycles. The number of carbonyl (C=O) groups is 1. The van der Waals surface area contributed by atoms with Gasteiger partial charge in [0.25, 0.3) is 15.7 Å². The third kappa shape index (κ3) is 3.34. The van der Waals surface area contributed by atoms with E-state index < -0.39 is 14.9 Å². The molecule has 10 heteroatoms. The molecule has 1 fully saturated rings. The van der Waals surface area contributed by atoms with Gasteiger partial charge in [0.15, 0.2) is 5.17 Å². The molecule has 0 aliphatic carbocycles. The predicted molar refractivity (Wildman–Crippen MR) is 82.1 cm³/mol. The molecule has 116 valence electrons. The minimum absolute atomic E-state index is 0.0725. The number of thioether (sulfide) groups is 1. The molecule has 2 rings (SSSR count). The molecule has 0 radical (unpaired) electrons. The molecule has 1 heterocycles. The van der Waals surface area contributed by atoms with Gasteiger partial charge in [-0.3, -0.25) is 19.8 Å². The van der Waals surface area contributed by atoms with Gasteiger partial charge in [-0.25, -0.2) is 0 Å². The zero-order valence-corrected chi connectivity index (χ0v) is 12.8. The maximum atomic E-state index is 12.2. The second kappa shape index (κ2) is 6.28. The van der Waals surface area contributed by atoms with Crippen LogP contribution in [0.1, 0.15) is 0 Å². The Balaban J connectivity index is 2.34. The van der Waals surface area contributed by atoms with Gasteiger partial charge in [0.1, 0.15) is 0 Å². The van der Waals surface area contributed by atoms with Crippen molar-refractivity contribution >= 4 is 38.5 Å². The van der Waals surface area contributed by atoms with Gasteiger partial charge in [-0.05, 0) is 12.1 Å². The van der Waals surface area contributed by atoms with Crippen LogP contribution in [0.3, 0.4) is 0 Å². The zero-order chi connectivity index (χ0) is 16.3. The third-order valence-corrected chi connectivity index (χ3v) is 5.07. The van der Waals surface area contributed by atoms with E-state index in [0.29, 0.717) is 0 Å². The standard InChI is InChI=1S/C12H11N3O5S2/c1-2-7-14-11(16)8-21-12(14)13-22(19,20)10-5-3-9(4-6-10)15(17)18/h2-6H,1,7-8H2. The highest BCUT2D eigenvalue weighted by molar-refractivity contribution is 8.15. The minimum atomic E-state index is -4.04. The maximum Gasteiger partial charge on any atom is 0.284 e. The lowest BCUT2D eigenvalue weighted by Gasteiger charge is -2.12. The van der Waals surface area contributed by atoms with Gasteiger partial charge in [-0.2, -0.15) is 8.42 Å². The molecule has 1 saturated heterocycles. The number of hydrogen-bond acceptors (Lipinski definition) is 6. The van der Waals surface area contributed by atoms with Crippen molar-refractivity contribution in [2.75, 3.05) is 12.3 Å². The van der Waals surface area contributed by atoms with Gasteiger partial charge in [0.05, 0.1) is 15.6 Å². The number of non-ortho nitro benzene ring substituents is 1. The number of carbonyl (C=O) groups excluding carboxylic acids is 1. The molecule has 1 aliphatic rings. The number of amidine groups is 1. The van der Waals surface area contributed by atoms with Crippen LogP contribution in [0, 0.1) is 10.1 Å². The molecule has 0 aromatic heterocycles. The fourth-order valence-corrected chi connectivity index (χ4v) is 3.80. The van der Waals surface area contributed by atoms with E-state index in [-0.39, 0.29) is 34.0 Å². The summed E-state index contributed by atoms with van der Waals surface area (Å²) in [6, 6.07) is 4.39. The Bertz CT molecular complexity index is 755. The quantitative estimate of drug-likeness (QED) is 0.455. The lowest BCUT2D eigenvalue weighted by molar-refractivity contribution is -0.384. The number of sulfonamides is 1. The van der Waals surface area contributed by atoms with E-state index in [2.05, 4.69) is 11.0 Å². The van der Waals surface area contributed by atoms with Crippen LogP contribution in [0.15, 0.2) is 46.2 Å². The lowest BCUT2D eigenvalue weighted by atomic mass is 10.3. The summed E-state index contributed by atoms with van der Waals surface area (Å²) in [5.41, 5.74) is -0.217. The van der Waals surface area contributed by atoms with Crippen molar-refractivity contribution in [2.45, 2.75) is 4.90 Å². The van der Waals surface area contributed by atoms with Crippen LogP contribution >= 0.6 is 11.8 Å². The molecular formula is C12H11N3O5S2. The number of amides is 1. The van der Waals surface area contributed by atoms with Crippen LogP contribution in [0.5, 0.6) is 0 Å². The van der Waals surface area contributed by atoms with E-state index in [4.69, 9.17) is 0 Å². The van der Waals surface area contributed by atoms with E-state index in [1.54, 1.807) is 0 Å². The predicted octanol–water partition coefficient (Wildman–Crippen LogP) is 1.40. The topological polar surface area (TPSA) is 110 Å². The van der Waals surface area contributed by atoms with Gasteiger partial charge in [0, 0.05) is 18.7 Å². The van der Waals surface area contributed by atoms with Gasteiger partial charge in [-0.1, -0.05) is 17.8 Å². The average molecular weight is 341 g/mol. The molecule has 1 aromatic carbocycles. The summed E-state index contributed by atoms with van der Waals surface area (Å²) in [4.78, 5) is 22.6. The van der Waals surface area contributed by atoms with Crippen LogP contribution < -0.4 is 0 Å². The largest absolute Gasteiger partial charge is 0.286 e. The van der Waals surface area contributed by atoms with Crippen molar-refractivity contribution in [1.82, 2.24) is 4.90 Å². The van der Waals surface area contributed by atoms with Crippen molar-refractivity contribution in [3.8, 4) is 0 Å². The Morgan fingerprint density at radius 3 is 2.59 bits per heavy atom. The van der Waals surface area contributed by atoms with Crippen LogP contribution in [0.4, 0.5) is 5.69 Å². The molecule has 1 aromatic rings. The summed E-state index contributed by atoms with van der Waals surface area (Å²) < 4.78 is 28.0. The first kappa shape index (κ1) is 16.2. The first-order chi connectivity index (χ1) is 10.3. The number of hydrogen-bond donors (Lipinski definition) is 0. The average Bonchev–Trinajstić information content (AvgIpc) is 2.80. The minimum Gasteiger partial charge on any atom is -0.286 e. The summed E-state index contributed by atoms with van der Waals surface area (Å²) in [5, 5.41) is 10.6. The molecule has 8 nitrogen and oxygen atoms in total. The van der Waals surface area contributed by atoms with E-state index in [0.717, 1.165) is 36.0 Å². The number of nitrogens with zero attached hydrogens (tertiary/aromatic N) is 3. The van der Waals surface area contributed by atoms with E-state index in [1.165, 1.54) is 11.0 Å². The summed E-state index contributed by atoms with van der Waals surface area (Å²) in [6.07, 6.45) is 1.47. The normalized spacial score (nSPS) is 17.0. The van der Waals surface area contributed by atoms with Crippen molar-refractivity contribution in [3.05, 3.63) is 47.0 Å². The van der Waals surface area contributed by atoms with E-state index >= 15 is 0 Å². The number of benzene rings is 1. The van der Waals surface area contributed by atoms with Crippen molar-refractivity contribution in [1.29, 1.82) is 0 Å². The molecule has 0 saturated carbocycles. The Kier molecular flexibility index (Phi) is 4.62. The lowest BCUT2D eigenvalue weighted by Crippen LogP contribution is -2.30. The first-order valence-electron chi connectivity index (χ1n) is 5.98. The zero-order valence-electron chi connectivity index (χ0n) is 11.2. The fourth-order valence-electron chi connectivity index (χ4n) is 1.67. The first-order valence-corrected chi connectivity index (χ1v) is 8.41. The maximum absolute atomic E-state index is 12.2. The molecule has 0 unspecified atom stereocenters. The van der Waals surface area contributed by atoms with Gasteiger partial charge >= 0.3 is 0 Å². The SMILES string of the molecule is C=CCN1C(=O)CSC1=NS(=O)(=O)c1ccc([N+](=O)[O-])cc1. The highest BCUT2D eigenvalue weighted by Gasteiger charge is 2.29. The molecule has 0 N–H and O–H groups in total. The van der Waals surface area contributed by atoms with Crippen LogP contribution in [-0.2, 0) is 14.8 Å². The Morgan fingerprint density at radius 2 is 2.05 bits per heavy atom. The fraction of sp³-hybridized carbons (Fsp3) is 0.167. The molecular weight excluding hydrogens is 330 g/mol. The molecule has 0 spiro atoms. The Labute approximate surface area is 130 Å². The summed E-state index contributed by atoms with van der Waals surface area (Å²) in [5.74, 6) is -0.134. The Morgan fingerprint density at radius 1 is 1.41 bits per heavy atom. The highest BCUT2D eigenvalue weighted by atomic mass is 32.2. The number of nitro benzene ring substituents is 1. The van der Waals surface area contributed by atoms with Crippen LogP contribution in [0.2, 0.25) is 0 Å². The highest BCUT2D eigenvalue weighted by Crippen LogP contribution is 2.23. The second-order valence-electron chi connectivity index (χ2n) is 4.18. The number of nitro groups is 1. The van der Waals surface area contributed by atoms with E-state index in [1.807, 2.05) is 0 Å². The van der Waals surface area contributed by atoms with Gasteiger partial charge < -0.3 is 0 Å². The van der Waals surface area contributed by atoms with Gasteiger partial charge in [-0.15, -0.1) is 11.0 Å². The smallest absolute Gasteiger partial charge is 0.284 e. The Hall–Kier alpha value is -2.20. The second-order valence-corrected chi connectivity index (χ2v) is 6.73. The van der Waals surface area contributed by atoms with Gasteiger partial charge in [0.2, 0.25) is 5.91 Å². The van der Waals surface area contributed by atoms with Crippen molar-refractivity contribution < 1.29 is 18.1 Å². The molecule has 0 bridgehead atoms. The molecule has 0 atom stereocenters. The van der Waals surface area contributed by atoms with Crippen LogP contribution in [-0.4, -0.2) is 41.6 Å². The monoisotopic (exact) mass is 341 g/mol. The molecule has 1 amide bonds. The summed E-state index contributed by atoms with van der Waals surface area (Å²) >= 11 is 1.02. The third-order valence-electron chi connectivity index (χ3n) is 2.71. The van der Waals surface area contributed by atoms with Crippen molar-refractivity contribution in [3.63, 3.8) is 0 Å². The van der Waals surface area contributed by atoms with Crippen molar-refractivity contribution in [2.24, 2.45) is 4.40 Å². The summed E-state index contributed by atoms with van der Waals surface area (Å²) in [7, 11) is -4.04. The summed E-state index contributed by atoms with van der Waals surface area (Å²) in [6.45, 7) is 3.67. The molecule has 22 heavy (non-hydrogen) atoms.